The molecule has 0 amide bonds. The molecule has 22 heavy (non-hydrogen) atoms. The molecule has 2 heterocycles. The summed E-state index contributed by atoms with van der Waals surface area (Å²) in [5.74, 6) is 1.07. The fourth-order valence-electron chi connectivity index (χ4n) is 2.74. The Morgan fingerprint density at radius 2 is 2.09 bits per heavy atom. The maximum atomic E-state index is 4.71. The Labute approximate surface area is 135 Å². The van der Waals surface area contributed by atoms with Gasteiger partial charge in [0.1, 0.15) is 5.82 Å². The van der Waals surface area contributed by atoms with Gasteiger partial charge in [-0.3, -0.25) is 0 Å². The summed E-state index contributed by atoms with van der Waals surface area (Å²) in [4.78, 5) is 6.96. The predicted molar refractivity (Wildman–Crippen MR) is 93.2 cm³/mol. The molecule has 0 radical (unpaired) electrons. The maximum Gasteiger partial charge on any atom is 0.123 e. The highest BCUT2D eigenvalue weighted by Crippen LogP contribution is 2.20. The highest BCUT2D eigenvalue weighted by atomic mass is 32.1. The summed E-state index contributed by atoms with van der Waals surface area (Å²) in [6, 6.07) is 10.9. The normalized spacial score (nSPS) is 13.1. The van der Waals surface area contributed by atoms with Crippen molar-refractivity contribution in [3.8, 4) is 0 Å². The Morgan fingerprint density at radius 1 is 1.27 bits per heavy atom. The fourth-order valence-corrected chi connectivity index (χ4v) is 3.44. The lowest BCUT2D eigenvalue weighted by Crippen LogP contribution is -2.31. The zero-order valence-electron chi connectivity index (χ0n) is 13.3. The quantitative estimate of drug-likeness (QED) is 0.759. The molecule has 116 valence electrons. The van der Waals surface area contributed by atoms with Gasteiger partial charge in [0.15, 0.2) is 0 Å². The largest absolute Gasteiger partial charge is 0.330 e. The second-order valence-corrected chi connectivity index (χ2v) is 6.52. The van der Waals surface area contributed by atoms with Gasteiger partial charge < -0.3 is 14.8 Å². The van der Waals surface area contributed by atoms with Crippen LogP contribution in [-0.4, -0.2) is 35.1 Å². The highest BCUT2D eigenvalue weighted by molar-refractivity contribution is 7.07. The SMILES string of the molecule is CN(C)C(CNCc1nc2ccccc2n1C)c1ccsc1. The third-order valence-electron chi connectivity index (χ3n) is 4.05. The minimum Gasteiger partial charge on any atom is -0.330 e. The van der Waals surface area contributed by atoms with Gasteiger partial charge in [-0.15, -0.1) is 0 Å². The van der Waals surface area contributed by atoms with Crippen LogP contribution in [0, 0.1) is 0 Å². The van der Waals surface area contributed by atoms with Crippen molar-refractivity contribution < 1.29 is 0 Å². The number of hydrogen-bond donors (Lipinski definition) is 1. The molecule has 0 saturated carbocycles. The summed E-state index contributed by atoms with van der Waals surface area (Å²) in [5, 5.41) is 7.91. The van der Waals surface area contributed by atoms with Crippen molar-refractivity contribution in [2.45, 2.75) is 12.6 Å². The molecule has 1 unspecified atom stereocenters. The number of rotatable bonds is 6. The van der Waals surface area contributed by atoms with E-state index in [1.54, 1.807) is 11.3 Å². The topological polar surface area (TPSA) is 33.1 Å². The fraction of sp³-hybridized carbons (Fsp3) is 0.353. The van der Waals surface area contributed by atoms with E-state index in [-0.39, 0.29) is 0 Å². The van der Waals surface area contributed by atoms with Crippen molar-refractivity contribution in [3.05, 3.63) is 52.5 Å². The number of hydrogen-bond acceptors (Lipinski definition) is 4. The van der Waals surface area contributed by atoms with Crippen molar-refractivity contribution in [1.82, 2.24) is 19.8 Å². The lowest BCUT2D eigenvalue weighted by Gasteiger charge is -2.24. The van der Waals surface area contributed by atoms with Gasteiger partial charge in [0.05, 0.1) is 17.6 Å². The molecule has 1 N–H and O–H groups in total. The van der Waals surface area contributed by atoms with E-state index in [2.05, 4.69) is 71.0 Å². The van der Waals surface area contributed by atoms with Crippen molar-refractivity contribution in [2.75, 3.05) is 20.6 Å². The number of benzene rings is 1. The molecule has 3 aromatic rings. The van der Waals surface area contributed by atoms with E-state index >= 15 is 0 Å². The van der Waals surface area contributed by atoms with Crippen LogP contribution in [0.3, 0.4) is 0 Å². The van der Waals surface area contributed by atoms with E-state index in [1.807, 2.05) is 6.07 Å². The van der Waals surface area contributed by atoms with Crippen molar-refractivity contribution >= 4 is 22.4 Å². The molecule has 0 saturated heterocycles. The zero-order chi connectivity index (χ0) is 15.5. The molecule has 2 aromatic heterocycles. The molecule has 0 bridgehead atoms. The van der Waals surface area contributed by atoms with Crippen LogP contribution >= 0.6 is 11.3 Å². The second kappa shape index (κ2) is 6.60. The Bertz CT molecular complexity index is 730. The number of fused-ring (bicyclic) bond motifs is 1. The van der Waals surface area contributed by atoms with E-state index < -0.39 is 0 Å². The monoisotopic (exact) mass is 314 g/mol. The summed E-state index contributed by atoms with van der Waals surface area (Å²) < 4.78 is 2.16. The summed E-state index contributed by atoms with van der Waals surface area (Å²) in [7, 11) is 6.33. The summed E-state index contributed by atoms with van der Waals surface area (Å²) in [6.07, 6.45) is 0. The Hall–Kier alpha value is -1.69. The standard InChI is InChI=1S/C17H22N4S/c1-20(2)16(13-8-9-22-12-13)10-18-11-17-19-14-6-4-5-7-15(14)21(17)3/h4-9,12,16,18H,10-11H2,1-3H3. The lowest BCUT2D eigenvalue weighted by molar-refractivity contribution is 0.288. The Morgan fingerprint density at radius 3 is 2.77 bits per heavy atom. The lowest BCUT2D eigenvalue weighted by atomic mass is 10.1. The molecule has 0 aliphatic carbocycles. The third kappa shape index (κ3) is 3.06. The number of para-hydroxylation sites is 2. The van der Waals surface area contributed by atoms with E-state index in [1.165, 1.54) is 11.1 Å². The molecule has 1 atom stereocenters. The summed E-state index contributed by atoms with van der Waals surface area (Å²) in [5.41, 5.74) is 3.61. The van der Waals surface area contributed by atoms with Gasteiger partial charge in [0, 0.05) is 19.6 Å². The highest BCUT2D eigenvalue weighted by Gasteiger charge is 2.14. The van der Waals surface area contributed by atoms with Crippen molar-refractivity contribution in [2.24, 2.45) is 7.05 Å². The van der Waals surface area contributed by atoms with Gasteiger partial charge in [-0.1, -0.05) is 12.1 Å². The number of imidazole rings is 1. The summed E-state index contributed by atoms with van der Waals surface area (Å²) >= 11 is 1.75. The summed E-state index contributed by atoms with van der Waals surface area (Å²) in [6.45, 7) is 1.69. The van der Waals surface area contributed by atoms with Crippen LogP contribution in [-0.2, 0) is 13.6 Å². The van der Waals surface area contributed by atoms with E-state index in [4.69, 9.17) is 4.98 Å². The molecule has 0 aliphatic heterocycles. The van der Waals surface area contributed by atoms with Crippen LogP contribution < -0.4 is 5.32 Å². The van der Waals surface area contributed by atoms with Gasteiger partial charge in [0.25, 0.3) is 0 Å². The van der Waals surface area contributed by atoms with E-state index in [0.29, 0.717) is 6.04 Å². The average molecular weight is 314 g/mol. The predicted octanol–water partition coefficient (Wildman–Crippen LogP) is 3.03. The van der Waals surface area contributed by atoms with Crippen LogP contribution in [0.25, 0.3) is 11.0 Å². The number of aromatic nitrogens is 2. The Kier molecular flexibility index (Phi) is 4.57. The van der Waals surface area contributed by atoms with Crippen LogP contribution in [0.5, 0.6) is 0 Å². The van der Waals surface area contributed by atoms with Crippen LogP contribution in [0.1, 0.15) is 17.4 Å². The van der Waals surface area contributed by atoms with Crippen molar-refractivity contribution in [1.29, 1.82) is 0 Å². The van der Waals surface area contributed by atoms with E-state index in [0.717, 1.165) is 24.4 Å². The van der Waals surface area contributed by atoms with Gasteiger partial charge >= 0.3 is 0 Å². The van der Waals surface area contributed by atoms with Crippen LogP contribution in [0.2, 0.25) is 0 Å². The first-order valence-electron chi connectivity index (χ1n) is 7.46. The van der Waals surface area contributed by atoms with Crippen LogP contribution in [0.4, 0.5) is 0 Å². The molecule has 0 spiro atoms. The zero-order valence-corrected chi connectivity index (χ0v) is 14.1. The van der Waals surface area contributed by atoms with Gasteiger partial charge in [0.2, 0.25) is 0 Å². The minimum absolute atomic E-state index is 0.390. The minimum atomic E-state index is 0.390. The molecular weight excluding hydrogens is 292 g/mol. The number of likely N-dealkylation sites (N-methyl/N-ethyl adjacent to an activating group) is 1. The van der Waals surface area contributed by atoms with Gasteiger partial charge in [-0.05, 0) is 48.6 Å². The van der Waals surface area contributed by atoms with E-state index in [9.17, 15) is 0 Å². The first kappa shape index (κ1) is 15.2. The third-order valence-corrected chi connectivity index (χ3v) is 4.75. The molecule has 5 heteroatoms. The average Bonchev–Trinajstić information content (AvgIpc) is 3.13. The molecule has 0 fully saturated rings. The number of aryl methyl sites for hydroxylation is 1. The first-order chi connectivity index (χ1) is 10.7. The number of thiophene rings is 1. The molecule has 0 aliphatic rings. The van der Waals surface area contributed by atoms with Crippen LogP contribution in [0.15, 0.2) is 41.1 Å². The molecule has 1 aromatic carbocycles. The molecule has 4 nitrogen and oxygen atoms in total. The second-order valence-electron chi connectivity index (χ2n) is 5.74. The van der Waals surface area contributed by atoms with Gasteiger partial charge in [-0.2, -0.15) is 11.3 Å². The number of nitrogens with zero attached hydrogens (tertiary/aromatic N) is 3. The Balaban J connectivity index is 1.67. The molecule has 3 rings (SSSR count). The number of nitrogens with one attached hydrogen (secondary N) is 1. The van der Waals surface area contributed by atoms with Crippen molar-refractivity contribution in [3.63, 3.8) is 0 Å². The molecular formula is C17H22N4S. The smallest absolute Gasteiger partial charge is 0.123 e. The first-order valence-corrected chi connectivity index (χ1v) is 8.40. The maximum absolute atomic E-state index is 4.71. The van der Waals surface area contributed by atoms with Gasteiger partial charge in [-0.25, -0.2) is 4.98 Å².